The van der Waals surface area contributed by atoms with Gasteiger partial charge >= 0.3 is 12.0 Å². The maximum atomic E-state index is 12.6. The van der Waals surface area contributed by atoms with Crippen molar-refractivity contribution in [1.29, 1.82) is 0 Å². The molecular weight excluding hydrogens is 398 g/mol. The Balaban J connectivity index is 1.61. The van der Waals surface area contributed by atoms with Gasteiger partial charge < -0.3 is 10.2 Å². The number of nitrogens with zero attached hydrogens (tertiary/aromatic N) is 4. The smallest absolute Gasteiger partial charge is 0.335 e. The van der Waals surface area contributed by atoms with Crippen LogP contribution in [0.5, 0.6) is 6.01 Å². The lowest BCUT2D eigenvalue weighted by molar-refractivity contribution is 0.0697. The molecule has 0 bridgehead atoms. The number of sulfonamides is 1. The van der Waals surface area contributed by atoms with Crippen molar-refractivity contribution in [3.63, 3.8) is 0 Å². The number of nitrogens with one attached hydrogen (secondary N) is 1. The van der Waals surface area contributed by atoms with Gasteiger partial charge in [-0.05, 0) is 42.0 Å². The van der Waals surface area contributed by atoms with Gasteiger partial charge in [0.25, 0.3) is 10.0 Å². The molecule has 29 heavy (non-hydrogen) atoms. The number of benzene rings is 2. The fourth-order valence-corrected chi connectivity index (χ4v) is 3.77. The van der Waals surface area contributed by atoms with Crippen molar-refractivity contribution in [2.75, 3.05) is 4.72 Å². The number of carboxylic acid groups (broad SMARTS) is 1. The predicted octanol–water partition coefficient (Wildman–Crippen LogP) is 2.00. The number of anilines is 1. The zero-order chi connectivity index (χ0) is 20.6. The predicted molar refractivity (Wildman–Crippen MR) is 102 cm³/mol. The highest BCUT2D eigenvalue weighted by Gasteiger charge is 2.16. The average Bonchev–Trinajstić information content (AvgIpc) is 3.14. The third-order valence-electron chi connectivity index (χ3n) is 4.15. The van der Waals surface area contributed by atoms with E-state index in [0.29, 0.717) is 16.8 Å². The van der Waals surface area contributed by atoms with E-state index in [4.69, 9.17) is 5.11 Å². The number of rotatable bonds is 5. The first-order valence-electron chi connectivity index (χ1n) is 8.19. The number of aromatic nitrogens is 4. The lowest BCUT2D eigenvalue weighted by atomic mass is 10.1. The summed E-state index contributed by atoms with van der Waals surface area (Å²) in [7, 11) is -3.87. The molecule has 2 aromatic carbocycles. The van der Waals surface area contributed by atoms with Gasteiger partial charge in [0, 0.05) is 11.3 Å². The molecule has 4 aromatic rings. The third-order valence-corrected chi connectivity index (χ3v) is 5.54. The maximum absolute atomic E-state index is 12.6. The van der Waals surface area contributed by atoms with Gasteiger partial charge in [-0.25, -0.2) is 18.2 Å². The van der Waals surface area contributed by atoms with E-state index in [-0.39, 0.29) is 22.2 Å². The number of carboxylic acids is 1. The highest BCUT2D eigenvalue weighted by molar-refractivity contribution is 7.92. The molecule has 4 rings (SSSR count). The van der Waals surface area contributed by atoms with E-state index in [0.717, 1.165) is 0 Å². The number of aromatic carboxylic acids is 1. The summed E-state index contributed by atoms with van der Waals surface area (Å²) in [5.41, 5.74) is 1.94. The van der Waals surface area contributed by atoms with Crippen molar-refractivity contribution in [3.05, 3.63) is 66.6 Å². The molecule has 0 saturated carbocycles. The Bertz CT molecular complexity index is 1320. The first-order chi connectivity index (χ1) is 13.8. The number of fused-ring (bicyclic) bond motifs is 1. The van der Waals surface area contributed by atoms with Crippen LogP contribution in [-0.4, -0.2) is 44.2 Å². The molecule has 0 saturated heterocycles. The molecule has 0 radical (unpaired) electrons. The highest BCUT2D eigenvalue weighted by atomic mass is 32.2. The second-order valence-electron chi connectivity index (χ2n) is 5.98. The SMILES string of the molecule is O=C(O)c1ccc(NS(=O)(=O)c2ccc(-c3cnn4c(O)ncnc34)cc2)cc1. The number of hydrogen-bond acceptors (Lipinski definition) is 7. The van der Waals surface area contributed by atoms with E-state index in [9.17, 15) is 18.3 Å². The molecule has 0 spiro atoms. The number of hydrogen-bond donors (Lipinski definition) is 3. The first-order valence-corrected chi connectivity index (χ1v) is 9.68. The number of carbonyl (C=O) groups is 1. The molecular formula is C18H13N5O5S. The largest absolute Gasteiger partial charge is 0.479 e. The molecule has 0 fully saturated rings. The molecule has 2 heterocycles. The molecule has 0 atom stereocenters. The lowest BCUT2D eigenvalue weighted by Gasteiger charge is -2.09. The van der Waals surface area contributed by atoms with Crippen LogP contribution in [0.2, 0.25) is 0 Å². The molecule has 0 amide bonds. The fraction of sp³-hybridized carbons (Fsp3) is 0. The lowest BCUT2D eigenvalue weighted by Crippen LogP contribution is -2.13. The third kappa shape index (κ3) is 3.46. The van der Waals surface area contributed by atoms with Crippen molar-refractivity contribution >= 4 is 27.3 Å². The van der Waals surface area contributed by atoms with E-state index in [1.807, 2.05) is 0 Å². The van der Waals surface area contributed by atoms with Crippen molar-refractivity contribution in [3.8, 4) is 17.1 Å². The zero-order valence-corrected chi connectivity index (χ0v) is 15.4. The number of aromatic hydroxyl groups is 1. The van der Waals surface area contributed by atoms with E-state index in [2.05, 4.69) is 19.8 Å². The second-order valence-corrected chi connectivity index (χ2v) is 7.66. The fourth-order valence-electron chi connectivity index (χ4n) is 2.71. The van der Waals surface area contributed by atoms with E-state index in [1.165, 1.54) is 53.4 Å². The monoisotopic (exact) mass is 411 g/mol. The van der Waals surface area contributed by atoms with Gasteiger partial charge in [-0.15, -0.1) is 0 Å². The van der Waals surface area contributed by atoms with Crippen LogP contribution in [0.25, 0.3) is 16.8 Å². The van der Waals surface area contributed by atoms with Gasteiger partial charge in [-0.1, -0.05) is 12.1 Å². The van der Waals surface area contributed by atoms with Crippen molar-refractivity contribution in [2.45, 2.75) is 4.90 Å². The molecule has 0 aliphatic rings. The average molecular weight is 411 g/mol. The molecule has 0 unspecified atom stereocenters. The minimum Gasteiger partial charge on any atom is -0.479 e. The molecule has 146 valence electrons. The summed E-state index contributed by atoms with van der Waals surface area (Å²) in [6.07, 6.45) is 2.70. The Labute approximate surface area is 164 Å². The van der Waals surface area contributed by atoms with Crippen molar-refractivity contribution < 1.29 is 23.4 Å². The summed E-state index contributed by atoms with van der Waals surface area (Å²) < 4.78 is 28.7. The van der Waals surface area contributed by atoms with Crippen LogP contribution in [0, 0.1) is 0 Å². The van der Waals surface area contributed by atoms with Gasteiger partial charge in [0.05, 0.1) is 16.7 Å². The molecule has 3 N–H and O–H groups in total. The Hall–Kier alpha value is -3.99. The van der Waals surface area contributed by atoms with Crippen LogP contribution in [0.3, 0.4) is 0 Å². The molecule has 10 nitrogen and oxygen atoms in total. The summed E-state index contributed by atoms with van der Waals surface area (Å²) >= 11 is 0. The van der Waals surface area contributed by atoms with Crippen LogP contribution in [0.15, 0.2) is 66.0 Å². The molecule has 0 aliphatic heterocycles. The van der Waals surface area contributed by atoms with E-state index >= 15 is 0 Å². The van der Waals surface area contributed by atoms with Crippen LogP contribution in [-0.2, 0) is 10.0 Å². The van der Waals surface area contributed by atoms with Crippen LogP contribution in [0.4, 0.5) is 5.69 Å². The van der Waals surface area contributed by atoms with Crippen LogP contribution in [0.1, 0.15) is 10.4 Å². The Morgan fingerprint density at radius 2 is 1.69 bits per heavy atom. The van der Waals surface area contributed by atoms with Crippen LogP contribution >= 0.6 is 0 Å². The summed E-state index contributed by atoms with van der Waals surface area (Å²) in [5.74, 6) is -1.10. The summed E-state index contributed by atoms with van der Waals surface area (Å²) in [6.45, 7) is 0. The minimum atomic E-state index is -3.87. The summed E-state index contributed by atoms with van der Waals surface area (Å²) in [5, 5.41) is 22.6. The minimum absolute atomic E-state index is 0.0255. The quantitative estimate of drug-likeness (QED) is 0.452. The van der Waals surface area contributed by atoms with Crippen LogP contribution < -0.4 is 4.72 Å². The van der Waals surface area contributed by atoms with Crippen molar-refractivity contribution in [1.82, 2.24) is 19.6 Å². The Kier molecular flexibility index (Phi) is 4.35. The Morgan fingerprint density at radius 3 is 2.34 bits per heavy atom. The second kappa shape index (κ2) is 6.87. The van der Waals surface area contributed by atoms with Gasteiger partial charge in [0.1, 0.15) is 6.33 Å². The van der Waals surface area contributed by atoms with Crippen molar-refractivity contribution in [2.24, 2.45) is 0 Å². The first kappa shape index (κ1) is 18.4. The summed E-state index contributed by atoms with van der Waals surface area (Å²) in [6, 6.07) is 11.1. The van der Waals surface area contributed by atoms with Gasteiger partial charge in [-0.3, -0.25) is 4.72 Å². The molecule has 2 aromatic heterocycles. The highest BCUT2D eigenvalue weighted by Crippen LogP contribution is 2.26. The van der Waals surface area contributed by atoms with E-state index in [1.54, 1.807) is 12.1 Å². The van der Waals surface area contributed by atoms with E-state index < -0.39 is 16.0 Å². The van der Waals surface area contributed by atoms with Gasteiger partial charge in [0.2, 0.25) is 0 Å². The normalized spacial score (nSPS) is 11.4. The standard InChI is InChI=1S/C18H13N5O5S/c24-17(25)12-1-5-13(6-2-12)22-29(27,28)14-7-3-11(4-8-14)15-9-21-23-16(15)19-10-20-18(23)26/h1-10,22H,(H,24,25)(H,19,20,26). The molecule has 0 aliphatic carbocycles. The van der Waals surface area contributed by atoms with Gasteiger partial charge in [0.15, 0.2) is 5.65 Å². The Morgan fingerprint density at radius 1 is 1.00 bits per heavy atom. The topological polar surface area (TPSA) is 147 Å². The van der Waals surface area contributed by atoms with Gasteiger partial charge in [-0.2, -0.15) is 14.6 Å². The maximum Gasteiger partial charge on any atom is 0.335 e. The molecule has 11 heteroatoms. The zero-order valence-electron chi connectivity index (χ0n) is 14.6. The summed E-state index contributed by atoms with van der Waals surface area (Å²) in [4.78, 5) is 18.6.